The molecule has 0 aliphatic carbocycles. The third-order valence-corrected chi connectivity index (χ3v) is 5.73. The Morgan fingerprint density at radius 2 is 1.90 bits per heavy atom. The van der Waals surface area contributed by atoms with E-state index in [1.54, 1.807) is 24.6 Å². The van der Waals surface area contributed by atoms with Gasteiger partial charge in [-0.3, -0.25) is 0 Å². The second-order valence-electron chi connectivity index (χ2n) is 6.93. The molecule has 3 aromatic heterocycles. The largest absolute Gasteiger partial charge is 0.496 e. The molecule has 0 saturated carbocycles. The van der Waals surface area contributed by atoms with Crippen LogP contribution in [0, 0.1) is 6.92 Å². The molecule has 1 N–H and O–H groups in total. The second kappa shape index (κ2) is 8.92. The average Bonchev–Trinajstić information content (AvgIpc) is 3.25. The van der Waals surface area contributed by atoms with Crippen LogP contribution in [0.5, 0.6) is 5.75 Å². The molecule has 7 heteroatoms. The van der Waals surface area contributed by atoms with Gasteiger partial charge in [0.15, 0.2) is 5.13 Å². The maximum atomic E-state index is 5.46. The van der Waals surface area contributed by atoms with Gasteiger partial charge in [-0.1, -0.05) is 35.6 Å². The van der Waals surface area contributed by atoms with Crippen LogP contribution in [0.3, 0.4) is 0 Å². The van der Waals surface area contributed by atoms with E-state index in [0.29, 0.717) is 6.54 Å². The van der Waals surface area contributed by atoms with Gasteiger partial charge in [-0.2, -0.15) is 0 Å². The number of aromatic nitrogens is 3. The van der Waals surface area contributed by atoms with Crippen LogP contribution in [-0.2, 0) is 6.54 Å². The van der Waals surface area contributed by atoms with E-state index in [1.165, 1.54) is 0 Å². The third kappa shape index (κ3) is 4.58. The minimum absolute atomic E-state index is 0.713. The Labute approximate surface area is 180 Å². The zero-order chi connectivity index (χ0) is 20.9. The lowest BCUT2D eigenvalue weighted by molar-refractivity contribution is 0.409. The molecular weight excluding hydrogens is 394 g/mol. The minimum Gasteiger partial charge on any atom is -0.496 e. The molecule has 0 radical (unpaired) electrons. The summed E-state index contributed by atoms with van der Waals surface area (Å²) in [6.07, 6.45) is 3.66. The normalized spacial score (nSPS) is 10.6. The van der Waals surface area contributed by atoms with Gasteiger partial charge in [0, 0.05) is 31.5 Å². The highest BCUT2D eigenvalue weighted by molar-refractivity contribution is 7.18. The Bertz CT molecular complexity index is 1140. The van der Waals surface area contributed by atoms with Crippen molar-refractivity contribution in [3.8, 4) is 16.3 Å². The van der Waals surface area contributed by atoms with E-state index in [1.807, 2.05) is 68.7 Å². The Kier molecular flexibility index (Phi) is 5.90. The topological polar surface area (TPSA) is 63.2 Å². The molecule has 4 rings (SSSR count). The summed E-state index contributed by atoms with van der Waals surface area (Å²) in [5.41, 5.74) is 3.14. The SMILES string of the molecule is COc1ccccc1CN(C)c1ncc(-c2cccc(Nc3cc(C)ccn3)n2)s1. The van der Waals surface area contributed by atoms with Crippen LogP contribution in [-0.4, -0.2) is 29.1 Å². The number of thiazole rings is 1. The van der Waals surface area contributed by atoms with Crippen molar-refractivity contribution in [2.75, 3.05) is 24.4 Å². The maximum absolute atomic E-state index is 5.46. The van der Waals surface area contributed by atoms with Gasteiger partial charge in [-0.05, 0) is 42.8 Å². The molecule has 4 aromatic rings. The van der Waals surface area contributed by atoms with E-state index in [2.05, 4.69) is 26.3 Å². The van der Waals surface area contributed by atoms with Gasteiger partial charge in [-0.15, -0.1) is 0 Å². The Morgan fingerprint density at radius 3 is 2.73 bits per heavy atom. The number of para-hydroxylation sites is 1. The number of hydrogen-bond donors (Lipinski definition) is 1. The van der Waals surface area contributed by atoms with Crippen LogP contribution in [0.1, 0.15) is 11.1 Å². The number of hydrogen-bond acceptors (Lipinski definition) is 7. The fourth-order valence-corrected chi connectivity index (χ4v) is 3.94. The van der Waals surface area contributed by atoms with E-state index >= 15 is 0 Å². The molecule has 0 aliphatic rings. The highest BCUT2D eigenvalue weighted by Crippen LogP contribution is 2.31. The molecule has 0 saturated heterocycles. The first-order valence-electron chi connectivity index (χ1n) is 9.58. The van der Waals surface area contributed by atoms with Gasteiger partial charge in [-0.25, -0.2) is 15.0 Å². The van der Waals surface area contributed by atoms with Crippen molar-refractivity contribution in [2.24, 2.45) is 0 Å². The van der Waals surface area contributed by atoms with Gasteiger partial charge < -0.3 is 15.0 Å². The lowest BCUT2D eigenvalue weighted by Crippen LogP contribution is -2.16. The summed E-state index contributed by atoms with van der Waals surface area (Å²) >= 11 is 1.61. The van der Waals surface area contributed by atoms with E-state index in [0.717, 1.165) is 44.2 Å². The standard InChI is InChI=1S/C23H23N5OS/c1-16-11-12-24-22(13-16)27-21-10-6-8-18(26-21)20-14-25-23(30-20)28(2)15-17-7-4-5-9-19(17)29-3/h4-14H,15H2,1-3H3,(H,24,26,27). The summed E-state index contributed by atoms with van der Waals surface area (Å²) < 4.78 is 5.46. The van der Waals surface area contributed by atoms with Crippen molar-refractivity contribution < 1.29 is 4.74 Å². The number of anilines is 3. The Morgan fingerprint density at radius 1 is 1.03 bits per heavy atom. The highest BCUT2D eigenvalue weighted by atomic mass is 32.1. The van der Waals surface area contributed by atoms with Crippen LogP contribution >= 0.6 is 11.3 Å². The predicted octanol–water partition coefficient (Wildman–Crippen LogP) is 5.30. The molecule has 0 aliphatic heterocycles. The van der Waals surface area contributed by atoms with Crippen LogP contribution < -0.4 is 15.0 Å². The molecule has 0 bridgehead atoms. The third-order valence-electron chi connectivity index (χ3n) is 4.59. The van der Waals surface area contributed by atoms with E-state index in [-0.39, 0.29) is 0 Å². The molecule has 0 amide bonds. The van der Waals surface area contributed by atoms with Crippen molar-refractivity contribution in [3.63, 3.8) is 0 Å². The average molecular weight is 418 g/mol. The summed E-state index contributed by atoms with van der Waals surface area (Å²) in [6.45, 7) is 2.75. The summed E-state index contributed by atoms with van der Waals surface area (Å²) in [7, 11) is 3.73. The summed E-state index contributed by atoms with van der Waals surface area (Å²) in [5, 5.41) is 4.19. The van der Waals surface area contributed by atoms with Crippen LogP contribution in [0.2, 0.25) is 0 Å². The first-order valence-corrected chi connectivity index (χ1v) is 10.4. The number of benzene rings is 1. The fraction of sp³-hybridized carbons (Fsp3) is 0.174. The van der Waals surface area contributed by atoms with Crippen molar-refractivity contribution in [2.45, 2.75) is 13.5 Å². The van der Waals surface area contributed by atoms with Crippen LogP contribution in [0.4, 0.5) is 16.8 Å². The van der Waals surface area contributed by atoms with Crippen molar-refractivity contribution in [1.82, 2.24) is 15.0 Å². The fourth-order valence-electron chi connectivity index (χ4n) is 3.09. The molecule has 3 heterocycles. The van der Waals surface area contributed by atoms with Crippen LogP contribution in [0.25, 0.3) is 10.6 Å². The molecular formula is C23H23N5OS. The monoisotopic (exact) mass is 417 g/mol. The number of nitrogens with one attached hydrogen (secondary N) is 1. The Balaban J connectivity index is 1.51. The molecule has 152 valence electrons. The quantitative estimate of drug-likeness (QED) is 0.440. The molecule has 0 spiro atoms. The zero-order valence-electron chi connectivity index (χ0n) is 17.2. The number of ether oxygens (including phenoxy) is 1. The van der Waals surface area contributed by atoms with Gasteiger partial charge in [0.05, 0.1) is 17.7 Å². The molecule has 6 nitrogen and oxygen atoms in total. The number of aryl methyl sites for hydroxylation is 1. The molecule has 30 heavy (non-hydrogen) atoms. The predicted molar refractivity (Wildman–Crippen MR) is 123 cm³/mol. The first kappa shape index (κ1) is 19.8. The summed E-state index contributed by atoms with van der Waals surface area (Å²) in [4.78, 5) is 16.8. The molecule has 1 aromatic carbocycles. The summed E-state index contributed by atoms with van der Waals surface area (Å²) in [6, 6.07) is 17.9. The lowest BCUT2D eigenvalue weighted by Gasteiger charge is -2.17. The van der Waals surface area contributed by atoms with E-state index in [9.17, 15) is 0 Å². The number of rotatable bonds is 7. The minimum atomic E-state index is 0.713. The number of methoxy groups -OCH3 is 1. The van der Waals surface area contributed by atoms with E-state index in [4.69, 9.17) is 9.72 Å². The molecule has 0 unspecified atom stereocenters. The highest BCUT2D eigenvalue weighted by Gasteiger charge is 2.12. The van der Waals surface area contributed by atoms with Gasteiger partial charge >= 0.3 is 0 Å². The van der Waals surface area contributed by atoms with Gasteiger partial charge in [0.1, 0.15) is 17.4 Å². The summed E-state index contributed by atoms with van der Waals surface area (Å²) in [5.74, 6) is 2.41. The maximum Gasteiger partial charge on any atom is 0.185 e. The van der Waals surface area contributed by atoms with Crippen molar-refractivity contribution in [1.29, 1.82) is 0 Å². The molecule has 0 fully saturated rings. The van der Waals surface area contributed by atoms with Crippen LogP contribution in [0.15, 0.2) is 67.0 Å². The lowest BCUT2D eigenvalue weighted by atomic mass is 10.2. The van der Waals surface area contributed by atoms with Gasteiger partial charge in [0.25, 0.3) is 0 Å². The Hall–Kier alpha value is -3.45. The smallest absolute Gasteiger partial charge is 0.185 e. The van der Waals surface area contributed by atoms with Crippen molar-refractivity contribution in [3.05, 3.63) is 78.1 Å². The molecule has 0 atom stereocenters. The number of pyridine rings is 2. The van der Waals surface area contributed by atoms with Crippen molar-refractivity contribution >= 4 is 28.1 Å². The van der Waals surface area contributed by atoms with E-state index < -0.39 is 0 Å². The number of nitrogens with zero attached hydrogens (tertiary/aromatic N) is 4. The zero-order valence-corrected chi connectivity index (χ0v) is 18.0. The second-order valence-corrected chi connectivity index (χ2v) is 7.94. The van der Waals surface area contributed by atoms with Gasteiger partial charge in [0.2, 0.25) is 0 Å². The first-order chi connectivity index (χ1) is 14.6.